The molecule has 3 aromatic rings. The minimum Gasteiger partial charge on any atom is -0.410 e. The SMILES string of the molecule is CN(Cc1ccccc1F)C(=O)CSc1nnc(-c2cccs2)o1. The lowest BCUT2D eigenvalue weighted by Crippen LogP contribution is -2.28. The smallest absolute Gasteiger partial charge is 0.277 e. The van der Waals surface area contributed by atoms with Crippen LogP contribution in [0.1, 0.15) is 5.56 Å². The van der Waals surface area contributed by atoms with E-state index in [-0.39, 0.29) is 24.0 Å². The molecule has 0 N–H and O–H groups in total. The van der Waals surface area contributed by atoms with E-state index in [0.717, 1.165) is 4.88 Å². The van der Waals surface area contributed by atoms with Gasteiger partial charge in [0.15, 0.2) is 0 Å². The van der Waals surface area contributed by atoms with Crippen LogP contribution in [0.2, 0.25) is 0 Å². The highest BCUT2D eigenvalue weighted by atomic mass is 32.2. The van der Waals surface area contributed by atoms with Gasteiger partial charge in [-0.3, -0.25) is 4.79 Å². The molecule has 2 aromatic heterocycles. The molecule has 0 saturated heterocycles. The zero-order valence-corrected chi connectivity index (χ0v) is 14.4. The lowest BCUT2D eigenvalue weighted by molar-refractivity contribution is -0.127. The number of thioether (sulfide) groups is 1. The van der Waals surface area contributed by atoms with Gasteiger partial charge in [-0.15, -0.1) is 21.5 Å². The van der Waals surface area contributed by atoms with Crippen LogP contribution in [-0.4, -0.2) is 33.8 Å². The van der Waals surface area contributed by atoms with Crippen LogP contribution in [0.5, 0.6) is 0 Å². The van der Waals surface area contributed by atoms with Crippen LogP contribution >= 0.6 is 23.1 Å². The van der Waals surface area contributed by atoms with Crippen molar-refractivity contribution in [3.8, 4) is 10.8 Å². The molecule has 0 aliphatic heterocycles. The van der Waals surface area contributed by atoms with E-state index in [0.29, 0.717) is 16.7 Å². The second kappa shape index (κ2) is 7.59. The predicted octanol–water partition coefficient (Wildman–Crippen LogP) is 3.69. The summed E-state index contributed by atoms with van der Waals surface area (Å²) >= 11 is 2.67. The summed E-state index contributed by atoms with van der Waals surface area (Å²) in [6, 6.07) is 10.2. The van der Waals surface area contributed by atoms with Gasteiger partial charge >= 0.3 is 0 Å². The lowest BCUT2D eigenvalue weighted by Gasteiger charge is -2.16. The maximum atomic E-state index is 13.6. The van der Waals surface area contributed by atoms with Gasteiger partial charge in [0, 0.05) is 19.2 Å². The molecule has 124 valence electrons. The molecule has 1 aromatic carbocycles. The molecule has 3 rings (SSSR count). The number of halogens is 1. The van der Waals surface area contributed by atoms with Crippen molar-refractivity contribution in [2.45, 2.75) is 11.8 Å². The molecule has 0 aliphatic carbocycles. The van der Waals surface area contributed by atoms with Gasteiger partial charge in [0.05, 0.1) is 10.6 Å². The van der Waals surface area contributed by atoms with Crippen molar-refractivity contribution in [1.82, 2.24) is 15.1 Å². The summed E-state index contributed by atoms with van der Waals surface area (Å²) in [7, 11) is 1.64. The Balaban J connectivity index is 1.54. The Morgan fingerprint density at radius 2 is 2.12 bits per heavy atom. The minimum atomic E-state index is -0.317. The number of amides is 1. The van der Waals surface area contributed by atoms with E-state index in [9.17, 15) is 9.18 Å². The normalized spacial score (nSPS) is 10.8. The van der Waals surface area contributed by atoms with E-state index < -0.39 is 0 Å². The molecule has 0 spiro atoms. The molecule has 0 unspecified atom stereocenters. The van der Waals surface area contributed by atoms with E-state index in [1.54, 1.807) is 25.2 Å². The third-order valence-electron chi connectivity index (χ3n) is 3.25. The molecule has 24 heavy (non-hydrogen) atoms. The number of benzene rings is 1. The van der Waals surface area contributed by atoms with Crippen LogP contribution in [0.4, 0.5) is 4.39 Å². The van der Waals surface area contributed by atoms with Crippen molar-refractivity contribution >= 4 is 29.0 Å². The zero-order valence-electron chi connectivity index (χ0n) is 12.8. The van der Waals surface area contributed by atoms with Gasteiger partial charge in [0.1, 0.15) is 5.82 Å². The summed E-state index contributed by atoms with van der Waals surface area (Å²) in [4.78, 5) is 14.5. The van der Waals surface area contributed by atoms with E-state index in [1.807, 2.05) is 17.5 Å². The highest BCUT2D eigenvalue weighted by Crippen LogP contribution is 2.26. The van der Waals surface area contributed by atoms with Crippen molar-refractivity contribution in [1.29, 1.82) is 0 Å². The molecular formula is C16H14FN3O2S2. The fourth-order valence-electron chi connectivity index (χ4n) is 1.97. The number of rotatable bonds is 6. The Hall–Kier alpha value is -2.19. The second-order valence-electron chi connectivity index (χ2n) is 4.98. The fraction of sp³-hybridized carbons (Fsp3) is 0.188. The average Bonchev–Trinajstić information content (AvgIpc) is 3.25. The van der Waals surface area contributed by atoms with Gasteiger partial charge in [-0.1, -0.05) is 36.0 Å². The maximum absolute atomic E-state index is 13.6. The zero-order chi connectivity index (χ0) is 16.9. The van der Waals surface area contributed by atoms with Gasteiger partial charge in [-0.25, -0.2) is 4.39 Å². The number of carbonyl (C=O) groups excluding carboxylic acids is 1. The summed E-state index contributed by atoms with van der Waals surface area (Å²) in [5.41, 5.74) is 0.483. The van der Waals surface area contributed by atoms with Gasteiger partial charge in [0.2, 0.25) is 5.91 Å². The van der Waals surface area contributed by atoms with Gasteiger partial charge in [0.25, 0.3) is 11.1 Å². The van der Waals surface area contributed by atoms with Crippen molar-refractivity contribution in [3.05, 3.63) is 53.2 Å². The van der Waals surface area contributed by atoms with E-state index in [4.69, 9.17) is 4.42 Å². The summed E-state index contributed by atoms with van der Waals surface area (Å²) in [5.74, 6) is 0.137. The van der Waals surface area contributed by atoms with Crippen molar-refractivity contribution < 1.29 is 13.6 Å². The summed E-state index contributed by atoms with van der Waals surface area (Å²) in [6.45, 7) is 0.219. The molecule has 2 heterocycles. The molecule has 0 saturated carbocycles. The van der Waals surface area contributed by atoms with Gasteiger partial charge in [-0.2, -0.15) is 0 Å². The Labute approximate surface area is 146 Å². The topological polar surface area (TPSA) is 59.2 Å². The number of aromatic nitrogens is 2. The molecule has 0 bridgehead atoms. The summed E-state index contributed by atoms with van der Waals surface area (Å²) < 4.78 is 19.1. The second-order valence-corrected chi connectivity index (χ2v) is 6.85. The Kier molecular flexibility index (Phi) is 5.27. The van der Waals surface area contributed by atoms with E-state index >= 15 is 0 Å². The van der Waals surface area contributed by atoms with Crippen LogP contribution in [0.25, 0.3) is 10.8 Å². The lowest BCUT2D eigenvalue weighted by atomic mass is 10.2. The molecule has 0 fully saturated rings. The van der Waals surface area contributed by atoms with Crippen molar-refractivity contribution in [2.75, 3.05) is 12.8 Å². The third kappa shape index (κ3) is 4.01. The summed E-state index contributed by atoms with van der Waals surface area (Å²) in [5, 5.41) is 10.1. The first-order valence-corrected chi connectivity index (χ1v) is 8.97. The fourth-order valence-corrected chi connectivity index (χ4v) is 3.32. The number of hydrogen-bond donors (Lipinski definition) is 0. The van der Waals surface area contributed by atoms with Gasteiger partial charge in [-0.05, 0) is 17.5 Å². The Bertz CT molecular complexity index is 820. The first-order valence-electron chi connectivity index (χ1n) is 7.11. The largest absolute Gasteiger partial charge is 0.410 e. The first kappa shape index (κ1) is 16.7. The third-order valence-corrected chi connectivity index (χ3v) is 4.91. The molecular weight excluding hydrogens is 349 g/mol. The van der Waals surface area contributed by atoms with Crippen LogP contribution in [-0.2, 0) is 11.3 Å². The van der Waals surface area contributed by atoms with Gasteiger partial charge < -0.3 is 9.32 Å². The maximum Gasteiger partial charge on any atom is 0.277 e. The molecule has 0 radical (unpaired) electrons. The van der Waals surface area contributed by atoms with E-state index in [2.05, 4.69) is 10.2 Å². The highest BCUT2D eigenvalue weighted by molar-refractivity contribution is 7.99. The van der Waals surface area contributed by atoms with E-state index in [1.165, 1.54) is 34.1 Å². The van der Waals surface area contributed by atoms with Crippen molar-refractivity contribution in [2.24, 2.45) is 0 Å². The number of carbonyl (C=O) groups is 1. The Morgan fingerprint density at radius 3 is 2.88 bits per heavy atom. The standard InChI is InChI=1S/C16H14FN3O2S2/c1-20(9-11-5-2-3-6-12(11)17)14(21)10-24-16-19-18-15(22-16)13-7-4-8-23-13/h2-8H,9-10H2,1H3. The minimum absolute atomic E-state index is 0.140. The first-order chi connectivity index (χ1) is 11.6. The molecule has 5 nitrogen and oxygen atoms in total. The monoisotopic (exact) mass is 363 g/mol. The molecule has 8 heteroatoms. The molecule has 0 aliphatic rings. The van der Waals surface area contributed by atoms with Crippen LogP contribution in [0.15, 0.2) is 51.4 Å². The number of hydrogen-bond acceptors (Lipinski definition) is 6. The average molecular weight is 363 g/mol. The Morgan fingerprint density at radius 1 is 1.29 bits per heavy atom. The van der Waals surface area contributed by atoms with Crippen molar-refractivity contribution in [3.63, 3.8) is 0 Å². The van der Waals surface area contributed by atoms with Crippen LogP contribution in [0, 0.1) is 5.82 Å². The molecule has 1 amide bonds. The predicted molar refractivity (Wildman–Crippen MR) is 91.2 cm³/mol. The quantitative estimate of drug-likeness (QED) is 0.625. The number of nitrogens with zero attached hydrogens (tertiary/aromatic N) is 3. The molecule has 0 atom stereocenters. The van der Waals surface area contributed by atoms with Crippen LogP contribution < -0.4 is 0 Å². The number of thiophene rings is 1. The highest BCUT2D eigenvalue weighted by Gasteiger charge is 2.15. The van der Waals surface area contributed by atoms with Crippen LogP contribution in [0.3, 0.4) is 0 Å². The summed E-state index contributed by atoms with van der Waals surface area (Å²) in [6.07, 6.45) is 0.